The Balaban J connectivity index is 1.57. The summed E-state index contributed by atoms with van der Waals surface area (Å²) >= 11 is 0. The molecule has 0 radical (unpaired) electrons. The van der Waals surface area contributed by atoms with Gasteiger partial charge in [0, 0.05) is 37.1 Å². The van der Waals surface area contributed by atoms with Crippen molar-refractivity contribution in [3.05, 3.63) is 77.3 Å². The first kappa shape index (κ1) is 16.6. The van der Waals surface area contributed by atoms with Gasteiger partial charge in [0.1, 0.15) is 4.90 Å². The molecule has 0 saturated carbocycles. The maximum absolute atomic E-state index is 12.5. The van der Waals surface area contributed by atoms with Crippen molar-refractivity contribution in [2.75, 3.05) is 13.1 Å². The van der Waals surface area contributed by atoms with Crippen molar-refractivity contribution in [3.63, 3.8) is 0 Å². The molecule has 0 amide bonds. The summed E-state index contributed by atoms with van der Waals surface area (Å²) in [5.74, 6) is 0. The fraction of sp³-hybridized carbons (Fsp3) is 0.167. The van der Waals surface area contributed by atoms with E-state index >= 15 is 0 Å². The van der Waals surface area contributed by atoms with Gasteiger partial charge in [-0.2, -0.15) is 9.40 Å². The molecule has 4 rings (SSSR count). The van der Waals surface area contributed by atoms with Crippen molar-refractivity contribution in [2.45, 2.75) is 10.9 Å². The zero-order chi connectivity index (χ0) is 18.1. The molecule has 0 atom stereocenters. The van der Waals surface area contributed by atoms with Gasteiger partial charge in [0.15, 0.2) is 0 Å². The van der Waals surface area contributed by atoms with Crippen LogP contribution in [0, 0.1) is 0 Å². The van der Waals surface area contributed by atoms with Gasteiger partial charge in [0.25, 0.3) is 5.56 Å². The minimum absolute atomic E-state index is 0.150. The summed E-state index contributed by atoms with van der Waals surface area (Å²) in [5.41, 5.74) is 1.34. The van der Waals surface area contributed by atoms with Crippen molar-refractivity contribution in [1.82, 2.24) is 19.1 Å². The molecule has 3 aromatic rings. The van der Waals surface area contributed by atoms with E-state index in [4.69, 9.17) is 0 Å². The van der Waals surface area contributed by atoms with Crippen LogP contribution in [0.15, 0.2) is 76.7 Å². The van der Waals surface area contributed by atoms with Crippen molar-refractivity contribution >= 4 is 10.0 Å². The van der Waals surface area contributed by atoms with Gasteiger partial charge >= 0.3 is 0 Å². The topological polar surface area (TPSA) is 85.2 Å². The Labute approximate surface area is 150 Å². The molecule has 0 bridgehead atoms. The molecule has 0 unspecified atom stereocenters. The van der Waals surface area contributed by atoms with Crippen LogP contribution >= 0.6 is 0 Å². The first-order valence-electron chi connectivity index (χ1n) is 8.11. The second kappa shape index (κ2) is 6.47. The number of nitrogens with zero attached hydrogens (tertiary/aromatic N) is 4. The zero-order valence-corrected chi connectivity index (χ0v) is 14.6. The molecule has 7 nitrogen and oxygen atoms in total. The number of aromatic nitrogens is 3. The van der Waals surface area contributed by atoms with Crippen LogP contribution in [-0.4, -0.2) is 40.6 Å². The van der Waals surface area contributed by atoms with E-state index in [1.165, 1.54) is 33.5 Å². The first-order valence-corrected chi connectivity index (χ1v) is 9.55. The Bertz CT molecular complexity index is 1080. The Morgan fingerprint density at radius 1 is 0.962 bits per heavy atom. The van der Waals surface area contributed by atoms with Crippen molar-refractivity contribution < 1.29 is 8.42 Å². The third-order valence-electron chi connectivity index (χ3n) is 4.34. The van der Waals surface area contributed by atoms with Crippen LogP contribution in [0.2, 0.25) is 0 Å². The molecule has 26 heavy (non-hydrogen) atoms. The van der Waals surface area contributed by atoms with Crippen molar-refractivity contribution in [1.29, 1.82) is 0 Å². The average Bonchev–Trinajstić information content (AvgIpc) is 2.63. The molecule has 0 aliphatic carbocycles. The number of hydrogen-bond donors (Lipinski definition) is 0. The van der Waals surface area contributed by atoms with Gasteiger partial charge in [-0.25, -0.2) is 13.1 Å². The molecular weight excluding hydrogens is 352 g/mol. The average molecular weight is 368 g/mol. The van der Waals surface area contributed by atoms with Gasteiger partial charge in [-0.3, -0.25) is 9.78 Å². The van der Waals surface area contributed by atoms with E-state index in [1.54, 1.807) is 12.1 Å². The Morgan fingerprint density at radius 3 is 2.42 bits per heavy atom. The Kier molecular flexibility index (Phi) is 4.14. The van der Waals surface area contributed by atoms with Crippen molar-refractivity contribution in [3.8, 4) is 11.3 Å². The van der Waals surface area contributed by atoms with E-state index in [0.717, 1.165) is 5.56 Å². The lowest BCUT2D eigenvalue weighted by atomic mass is 10.1. The van der Waals surface area contributed by atoms with Crippen LogP contribution in [-0.2, 0) is 10.0 Å². The normalized spacial score (nSPS) is 15.5. The first-order chi connectivity index (χ1) is 12.6. The highest BCUT2D eigenvalue weighted by Gasteiger charge is 2.38. The van der Waals surface area contributed by atoms with E-state index in [-0.39, 0.29) is 29.6 Å². The second-order valence-electron chi connectivity index (χ2n) is 6.03. The van der Waals surface area contributed by atoms with Crippen LogP contribution in [0.25, 0.3) is 11.3 Å². The van der Waals surface area contributed by atoms with Gasteiger partial charge in [0.2, 0.25) is 10.0 Å². The Morgan fingerprint density at radius 2 is 1.73 bits per heavy atom. The SMILES string of the molecule is O=c1ccc(-c2ccccc2)nn1C1CN(S(=O)(=O)c2cccnc2)C1. The molecule has 0 spiro atoms. The molecule has 1 aliphatic rings. The summed E-state index contributed by atoms with van der Waals surface area (Å²) in [6.07, 6.45) is 2.85. The molecular formula is C18H16N4O3S. The number of benzene rings is 1. The van der Waals surface area contributed by atoms with E-state index in [1.807, 2.05) is 30.3 Å². The summed E-state index contributed by atoms with van der Waals surface area (Å²) in [4.78, 5) is 16.2. The van der Waals surface area contributed by atoms with Gasteiger partial charge in [-0.1, -0.05) is 30.3 Å². The fourth-order valence-electron chi connectivity index (χ4n) is 2.87. The molecule has 8 heteroatoms. The predicted molar refractivity (Wildman–Crippen MR) is 96.0 cm³/mol. The summed E-state index contributed by atoms with van der Waals surface area (Å²) in [6.45, 7) is 0.421. The monoisotopic (exact) mass is 368 g/mol. The zero-order valence-electron chi connectivity index (χ0n) is 13.8. The number of sulfonamides is 1. The standard InChI is InChI=1S/C18H16N4O3S/c23-18-9-8-17(14-5-2-1-3-6-14)20-22(18)15-12-21(13-15)26(24,25)16-7-4-10-19-11-16/h1-11,15H,12-13H2. The lowest BCUT2D eigenvalue weighted by Gasteiger charge is -2.38. The van der Waals surface area contributed by atoms with Gasteiger partial charge in [-0.05, 0) is 18.2 Å². The number of rotatable bonds is 4. The molecule has 3 heterocycles. The lowest BCUT2D eigenvalue weighted by Crippen LogP contribution is -2.53. The van der Waals surface area contributed by atoms with Crippen LogP contribution < -0.4 is 5.56 Å². The molecule has 0 N–H and O–H groups in total. The lowest BCUT2D eigenvalue weighted by molar-refractivity contribution is 0.186. The molecule has 132 valence electrons. The summed E-state index contributed by atoms with van der Waals surface area (Å²) in [5, 5.41) is 4.42. The molecule has 1 aromatic carbocycles. The maximum atomic E-state index is 12.5. The third-order valence-corrected chi connectivity index (χ3v) is 6.16. The van der Waals surface area contributed by atoms with Gasteiger partial charge < -0.3 is 0 Å². The summed E-state index contributed by atoms with van der Waals surface area (Å²) in [7, 11) is -3.59. The van der Waals surface area contributed by atoms with Crippen molar-refractivity contribution in [2.24, 2.45) is 0 Å². The van der Waals surface area contributed by atoms with E-state index < -0.39 is 10.0 Å². The minimum Gasteiger partial charge on any atom is -0.268 e. The predicted octanol–water partition coefficient (Wildman–Crippen LogP) is 1.55. The highest BCUT2D eigenvalue weighted by atomic mass is 32.2. The largest absolute Gasteiger partial charge is 0.268 e. The van der Waals surface area contributed by atoms with Gasteiger partial charge in [-0.15, -0.1) is 0 Å². The second-order valence-corrected chi connectivity index (χ2v) is 7.97. The number of hydrogen-bond acceptors (Lipinski definition) is 5. The highest BCUT2D eigenvalue weighted by Crippen LogP contribution is 2.27. The molecule has 1 fully saturated rings. The fourth-order valence-corrected chi connectivity index (χ4v) is 4.35. The number of pyridine rings is 1. The van der Waals surface area contributed by atoms with Crippen LogP contribution in [0.3, 0.4) is 0 Å². The smallest absolute Gasteiger partial charge is 0.267 e. The van der Waals surface area contributed by atoms with E-state index in [0.29, 0.717) is 5.69 Å². The van der Waals surface area contributed by atoms with Crippen LogP contribution in [0.4, 0.5) is 0 Å². The molecule has 1 aliphatic heterocycles. The van der Waals surface area contributed by atoms with Crippen LogP contribution in [0.1, 0.15) is 6.04 Å². The molecule has 1 saturated heterocycles. The minimum atomic E-state index is -3.59. The van der Waals surface area contributed by atoms with Gasteiger partial charge in [0.05, 0.1) is 11.7 Å². The highest BCUT2D eigenvalue weighted by molar-refractivity contribution is 7.89. The Hall–Kier alpha value is -2.84. The maximum Gasteiger partial charge on any atom is 0.267 e. The van der Waals surface area contributed by atoms with Crippen LogP contribution in [0.5, 0.6) is 0 Å². The summed E-state index contributed by atoms with van der Waals surface area (Å²) in [6, 6.07) is 15.5. The third kappa shape index (κ3) is 2.93. The van der Waals surface area contributed by atoms with E-state index in [9.17, 15) is 13.2 Å². The summed E-state index contributed by atoms with van der Waals surface area (Å²) < 4.78 is 27.8. The quantitative estimate of drug-likeness (QED) is 0.698. The van der Waals surface area contributed by atoms with E-state index in [2.05, 4.69) is 10.1 Å². The molecule has 2 aromatic heterocycles.